The largest absolute Gasteiger partial charge is 0.390 e. The summed E-state index contributed by atoms with van der Waals surface area (Å²) in [5.74, 6) is 0.365. The highest BCUT2D eigenvalue weighted by atomic mass is 32.2. The summed E-state index contributed by atoms with van der Waals surface area (Å²) in [5, 5.41) is 36.9. The van der Waals surface area contributed by atoms with Crippen LogP contribution < -0.4 is 10.6 Å². The Morgan fingerprint density at radius 1 is 1.17 bits per heavy atom. The van der Waals surface area contributed by atoms with E-state index in [9.17, 15) is 15.0 Å². The maximum absolute atomic E-state index is 12.8. The van der Waals surface area contributed by atoms with Crippen molar-refractivity contribution in [1.82, 2.24) is 35.3 Å². The maximum Gasteiger partial charge on any atom is 0.226 e. The number of rotatable bonds is 11. The lowest BCUT2D eigenvalue weighted by Crippen LogP contribution is -2.38. The number of pyridine rings is 1. The van der Waals surface area contributed by atoms with E-state index in [1.165, 1.54) is 4.68 Å². The molecule has 1 fully saturated rings. The van der Waals surface area contributed by atoms with Crippen LogP contribution in [0.15, 0.2) is 29.7 Å². The van der Waals surface area contributed by atoms with E-state index in [4.69, 9.17) is 0 Å². The molecule has 1 amide bonds. The number of carbonyl (C=O) groups excluding carboxylic acids is 1. The van der Waals surface area contributed by atoms with Gasteiger partial charge in [-0.3, -0.25) is 9.78 Å². The van der Waals surface area contributed by atoms with E-state index in [2.05, 4.69) is 49.7 Å². The molecule has 4 atom stereocenters. The van der Waals surface area contributed by atoms with Gasteiger partial charge in [0.05, 0.1) is 18.1 Å². The number of carbonyl (C=O) groups is 1. The van der Waals surface area contributed by atoms with Gasteiger partial charge in [0.15, 0.2) is 22.1 Å². The van der Waals surface area contributed by atoms with Crippen molar-refractivity contribution in [3.63, 3.8) is 0 Å². The lowest BCUT2D eigenvalue weighted by atomic mass is 10.0. The van der Waals surface area contributed by atoms with Gasteiger partial charge in [0, 0.05) is 31.2 Å². The second-order valence-corrected chi connectivity index (χ2v) is 9.72. The fraction of sp³-hybridized carbons (Fsp3) is 0.565. The SMILES string of the molecule is CCCCNc1nc(SCCC)nc2c1nnn2C1CC(C(=O)NCc2ccncc2)C(O)C1O. The Bertz CT molecular complexity index is 1130. The molecule has 1 aliphatic carbocycles. The van der Waals surface area contributed by atoms with Crippen molar-refractivity contribution in [3.8, 4) is 0 Å². The summed E-state index contributed by atoms with van der Waals surface area (Å²) in [4.78, 5) is 26.1. The molecule has 4 N–H and O–H groups in total. The van der Waals surface area contributed by atoms with Gasteiger partial charge in [-0.05, 0) is 37.0 Å². The fourth-order valence-corrected chi connectivity index (χ4v) is 4.82. The molecule has 12 heteroatoms. The van der Waals surface area contributed by atoms with Crippen molar-refractivity contribution in [1.29, 1.82) is 0 Å². The molecule has 4 rings (SSSR count). The molecule has 0 radical (unpaired) electrons. The minimum absolute atomic E-state index is 0.211. The van der Waals surface area contributed by atoms with Crippen LogP contribution in [0.5, 0.6) is 0 Å². The van der Waals surface area contributed by atoms with Crippen LogP contribution in [-0.2, 0) is 11.3 Å². The zero-order valence-electron chi connectivity index (χ0n) is 20.0. The number of aliphatic hydroxyl groups excluding tert-OH is 2. The fourth-order valence-electron chi connectivity index (χ4n) is 4.13. The van der Waals surface area contributed by atoms with Gasteiger partial charge >= 0.3 is 0 Å². The molecule has 0 bridgehead atoms. The number of hydrogen-bond donors (Lipinski definition) is 4. The quantitative estimate of drug-likeness (QED) is 0.175. The topological polar surface area (TPSA) is 151 Å². The van der Waals surface area contributed by atoms with Crippen LogP contribution in [0.25, 0.3) is 11.2 Å². The summed E-state index contributed by atoms with van der Waals surface area (Å²) < 4.78 is 1.53. The minimum Gasteiger partial charge on any atom is -0.390 e. The number of aromatic nitrogens is 6. The summed E-state index contributed by atoms with van der Waals surface area (Å²) in [6.45, 7) is 5.27. The summed E-state index contributed by atoms with van der Waals surface area (Å²) in [6.07, 6.45) is 4.12. The smallest absolute Gasteiger partial charge is 0.226 e. The van der Waals surface area contributed by atoms with Gasteiger partial charge in [-0.1, -0.05) is 37.2 Å². The van der Waals surface area contributed by atoms with Crippen LogP contribution in [0.4, 0.5) is 5.82 Å². The van der Waals surface area contributed by atoms with Gasteiger partial charge in [-0.25, -0.2) is 14.6 Å². The molecule has 11 nitrogen and oxygen atoms in total. The highest BCUT2D eigenvalue weighted by Gasteiger charge is 2.47. The molecular formula is C23H32N8O3S. The van der Waals surface area contributed by atoms with Gasteiger partial charge in [-0.2, -0.15) is 0 Å². The van der Waals surface area contributed by atoms with Crippen LogP contribution in [0, 0.1) is 5.92 Å². The Balaban J connectivity index is 1.56. The minimum atomic E-state index is -1.23. The van der Waals surface area contributed by atoms with Crippen molar-refractivity contribution in [2.75, 3.05) is 17.6 Å². The van der Waals surface area contributed by atoms with E-state index >= 15 is 0 Å². The van der Waals surface area contributed by atoms with Crippen LogP contribution >= 0.6 is 11.8 Å². The number of amides is 1. The maximum atomic E-state index is 12.8. The molecule has 3 heterocycles. The molecule has 0 spiro atoms. The average molecular weight is 501 g/mol. The Kier molecular flexibility index (Phi) is 8.47. The number of aliphatic hydroxyl groups is 2. The Labute approximate surface area is 208 Å². The highest BCUT2D eigenvalue weighted by molar-refractivity contribution is 7.99. The molecule has 0 aromatic carbocycles. The first-order valence-electron chi connectivity index (χ1n) is 12.1. The third kappa shape index (κ3) is 5.71. The first-order chi connectivity index (χ1) is 17.0. The summed E-state index contributed by atoms with van der Waals surface area (Å²) in [5.41, 5.74) is 1.89. The van der Waals surface area contributed by atoms with Crippen molar-refractivity contribution >= 4 is 34.7 Å². The second kappa shape index (κ2) is 11.7. The highest BCUT2D eigenvalue weighted by Crippen LogP contribution is 2.37. The van der Waals surface area contributed by atoms with Gasteiger partial charge in [0.25, 0.3) is 0 Å². The van der Waals surface area contributed by atoms with Crippen molar-refractivity contribution in [2.24, 2.45) is 5.92 Å². The molecule has 0 aliphatic heterocycles. The Hall–Kier alpha value is -2.83. The Morgan fingerprint density at radius 2 is 1.97 bits per heavy atom. The van der Waals surface area contributed by atoms with Crippen LogP contribution in [0.3, 0.4) is 0 Å². The van der Waals surface area contributed by atoms with E-state index < -0.39 is 24.2 Å². The zero-order valence-corrected chi connectivity index (χ0v) is 20.8. The number of thioether (sulfide) groups is 1. The van der Waals surface area contributed by atoms with E-state index in [1.807, 2.05) is 12.1 Å². The number of nitrogens with zero attached hydrogens (tertiary/aromatic N) is 6. The van der Waals surface area contributed by atoms with E-state index in [1.54, 1.807) is 24.2 Å². The number of fused-ring (bicyclic) bond motifs is 1. The van der Waals surface area contributed by atoms with Gasteiger partial charge < -0.3 is 20.8 Å². The van der Waals surface area contributed by atoms with Crippen molar-refractivity contribution in [2.45, 2.75) is 69.5 Å². The number of nitrogens with one attached hydrogen (secondary N) is 2. The molecule has 4 unspecified atom stereocenters. The van der Waals surface area contributed by atoms with Crippen LogP contribution in [0.1, 0.15) is 51.1 Å². The molecule has 0 saturated heterocycles. The summed E-state index contributed by atoms with van der Waals surface area (Å²) >= 11 is 1.54. The average Bonchev–Trinajstić information content (AvgIpc) is 3.42. The van der Waals surface area contributed by atoms with Crippen molar-refractivity contribution in [3.05, 3.63) is 30.1 Å². The first kappa shape index (κ1) is 25.3. The molecule has 1 saturated carbocycles. The second-order valence-electron chi connectivity index (χ2n) is 8.65. The van der Waals surface area contributed by atoms with E-state index in [-0.39, 0.29) is 12.3 Å². The molecule has 188 valence electrons. The number of hydrogen-bond acceptors (Lipinski definition) is 10. The van der Waals surface area contributed by atoms with Crippen LogP contribution in [-0.4, -0.2) is 70.6 Å². The predicted octanol–water partition coefficient (Wildman–Crippen LogP) is 1.93. The Morgan fingerprint density at radius 3 is 2.71 bits per heavy atom. The lowest BCUT2D eigenvalue weighted by Gasteiger charge is -2.17. The third-order valence-corrected chi connectivity index (χ3v) is 7.13. The van der Waals surface area contributed by atoms with Gasteiger partial charge in [0.1, 0.15) is 6.10 Å². The van der Waals surface area contributed by atoms with E-state index in [0.29, 0.717) is 28.7 Å². The molecule has 1 aliphatic rings. The summed E-state index contributed by atoms with van der Waals surface area (Å²) in [6, 6.07) is 2.98. The molecule has 35 heavy (non-hydrogen) atoms. The first-order valence-corrected chi connectivity index (χ1v) is 13.0. The van der Waals surface area contributed by atoms with Gasteiger partial charge in [-0.15, -0.1) is 5.10 Å². The normalized spacial score (nSPS) is 21.9. The zero-order chi connectivity index (χ0) is 24.8. The number of unbranched alkanes of at least 4 members (excludes halogenated alkanes) is 1. The molecule has 3 aromatic heterocycles. The molecule has 3 aromatic rings. The van der Waals surface area contributed by atoms with Gasteiger partial charge in [0.2, 0.25) is 5.91 Å². The van der Waals surface area contributed by atoms with Crippen LogP contribution in [0.2, 0.25) is 0 Å². The third-order valence-electron chi connectivity index (χ3n) is 6.08. The number of anilines is 1. The van der Waals surface area contributed by atoms with Crippen molar-refractivity contribution < 1.29 is 15.0 Å². The predicted molar refractivity (Wildman–Crippen MR) is 133 cm³/mol. The molecular weight excluding hydrogens is 468 g/mol. The lowest BCUT2D eigenvalue weighted by molar-refractivity contribution is -0.129. The standard InChI is InChI=1S/C23H32N8O3S/c1-3-5-8-25-20-17-21(28-23(27-20)35-11-4-2)31(30-29-17)16-12-15(18(32)19(16)33)22(34)26-13-14-6-9-24-10-7-14/h6-7,9-10,15-16,18-19,32-33H,3-5,8,11-13H2,1-2H3,(H,26,34)(H,25,27,28). The monoisotopic (exact) mass is 500 g/mol. The summed E-state index contributed by atoms with van der Waals surface area (Å²) in [7, 11) is 0. The van der Waals surface area contributed by atoms with E-state index in [0.717, 1.165) is 37.1 Å².